The second-order valence-electron chi connectivity index (χ2n) is 4.94. The number of carbonyl (C=O) groups excluding carboxylic acids is 2. The van der Waals surface area contributed by atoms with Crippen LogP contribution < -0.4 is 15.4 Å². The maximum atomic E-state index is 11.6. The monoisotopic (exact) mass is 307 g/mol. The molecular weight excluding hydrogens is 290 g/mol. The van der Waals surface area contributed by atoms with E-state index in [1.807, 2.05) is 0 Å². The number of para-hydroxylation sites is 2. The minimum Gasteiger partial charge on any atom is -0.486 e. The van der Waals surface area contributed by atoms with E-state index in [1.165, 1.54) is 18.2 Å². The highest BCUT2D eigenvalue weighted by atomic mass is 16.6. The lowest BCUT2D eigenvalue weighted by molar-refractivity contribution is -0.385. The molecule has 22 heavy (non-hydrogen) atoms. The van der Waals surface area contributed by atoms with Gasteiger partial charge in [-0.05, 0) is 18.9 Å². The predicted octanol–water partition coefficient (Wildman–Crippen LogP) is 0.758. The Hall–Kier alpha value is -2.64. The lowest BCUT2D eigenvalue weighted by Crippen LogP contribution is -2.38. The molecule has 1 saturated carbocycles. The van der Waals surface area contributed by atoms with Crippen LogP contribution in [0.1, 0.15) is 19.3 Å². The van der Waals surface area contributed by atoms with Crippen LogP contribution in [0.3, 0.4) is 0 Å². The number of carbonyl (C=O) groups is 2. The third-order valence-corrected chi connectivity index (χ3v) is 3.04. The molecule has 8 nitrogen and oxygen atoms in total. The Balaban J connectivity index is 1.68. The molecule has 0 atom stereocenters. The van der Waals surface area contributed by atoms with Gasteiger partial charge in [-0.2, -0.15) is 0 Å². The van der Waals surface area contributed by atoms with E-state index in [1.54, 1.807) is 6.07 Å². The van der Waals surface area contributed by atoms with Crippen LogP contribution in [-0.4, -0.2) is 35.9 Å². The Morgan fingerprint density at radius 1 is 1.27 bits per heavy atom. The molecule has 2 N–H and O–H groups in total. The van der Waals surface area contributed by atoms with Gasteiger partial charge in [-0.25, -0.2) is 0 Å². The van der Waals surface area contributed by atoms with Crippen LogP contribution in [0.15, 0.2) is 24.3 Å². The van der Waals surface area contributed by atoms with Crippen molar-refractivity contribution in [2.24, 2.45) is 0 Å². The molecule has 0 heterocycles. The molecule has 2 rings (SSSR count). The number of amides is 2. The number of hydrogen-bond acceptors (Lipinski definition) is 5. The highest BCUT2D eigenvalue weighted by molar-refractivity contribution is 5.84. The highest BCUT2D eigenvalue weighted by Crippen LogP contribution is 2.25. The zero-order valence-electron chi connectivity index (χ0n) is 11.9. The van der Waals surface area contributed by atoms with Gasteiger partial charge in [0.25, 0.3) is 0 Å². The molecule has 0 aromatic heterocycles. The second-order valence-corrected chi connectivity index (χ2v) is 4.94. The summed E-state index contributed by atoms with van der Waals surface area (Å²) in [6.07, 6.45) is 2.00. The molecule has 8 heteroatoms. The second kappa shape index (κ2) is 7.39. The van der Waals surface area contributed by atoms with Crippen molar-refractivity contribution in [1.29, 1.82) is 0 Å². The zero-order chi connectivity index (χ0) is 15.9. The topological polar surface area (TPSA) is 111 Å². The van der Waals surface area contributed by atoms with Gasteiger partial charge in [0.2, 0.25) is 11.8 Å². The molecule has 0 aliphatic heterocycles. The van der Waals surface area contributed by atoms with Gasteiger partial charge in [-0.3, -0.25) is 19.7 Å². The van der Waals surface area contributed by atoms with E-state index in [-0.39, 0.29) is 48.9 Å². The van der Waals surface area contributed by atoms with Gasteiger partial charge in [-0.15, -0.1) is 0 Å². The van der Waals surface area contributed by atoms with Crippen molar-refractivity contribution < 1.29 is 19.2 Å². The van der Waals surface area contributed by atoms with E-state index < -0.39 is 4.92 Å². The molecule has 0 spiro atoms. The fourth-order valence-corrected chi connectivity index (χ4v) is 1.76. The van der Waals surface area contributed by atoms with Crippen LogP contribution in [0, 0.1) is 10.1 Å². The van der Waals surface area contributed by atoms with Crippen molar-refractivity contribution in [3.8, 4) is 5.75 Å². The Kier molecular flexibility index (Phi) is 5.29. The fourth-order valence-electron chi connectivity index (χ4n) is 1.76. The van der Waals surface area contributed by atoms with Gasteiger partial charge in [0.1, 0.15) is 0 Å². The van der Waals surface area contributed by atoms with Gasteiger partial charge < -0.3 is 15.4 Å². The van der Waals surface area contributed by atoms with Crippen LogP contribution in [0.5, 0.6) is 5.75 Å². The number of nitrogens with one attached hydrogen (secondary N) is 2. The number of nitro groups is 1. The molecule has 1 aromatic rings. The Morgan fingerprint density at radius 3 is 2.68 bits per heavy atom. The average Bonchev–Trinajstić information content (AvgIpc) is 3.29. The Bertz CT molecular complexity index is 571. The number of nitro benzene ring substituents is 1. The SMILES string of the molecule is O=C(CCOc1ccccc1[N+](=O)[O-])NCC(=O)NC1CC1. The summed E-state index contributed by atoms with van der Waals surface area (Å²) >= 11 is 0. The van der Waals surface area contributed by atoms with Crippen molar-refractivity contribution in [3.05, 3.63) is 34.4 Å². The third kappa shape index (κ3) is 5.04. The molecule has 1 aromatic carbocycles. The molecule has 0 radical (unpaired) electrons. The summed E-state index contributed by atoms with van der Waals surface area (Å²) in [6, 6.07) is 6.21. The van der Waals surface area contributed by atoms with E-state index in [9.17, 15) is 19.7 Å². The van der Waals surface area contributed by atoms with Crippen molar-refractivity contribution in [2.75, 3.05) is 13.2 Å². The van der Waals surface area contributed by atoms with Crippen LogP contribution >= 0.6 is 0 Å². The summed E-state index contributed by atoms with van der Waals surface area (Å²) in [5, 5.41) is 16.0. The standard InChI is InChI=1S/C14H17N3O5/c18-13(15-9-14(19)16-10-5-6-10)7-8-22-12-4-2-1-3-11(12)17(20)21/h1-4,10H,5-9H2,(H,15,18)(H,16,19). The lowest BCUT2D eigenvalue weighted by Gasteiger charge is -2.08. The van der Waals surface area contributed by atoms with Crippen molar-refractivity contribution in [1.82, 2.24) is 10.6 Å². The van der Waals surface area contributed by atoms with E-state index in [4.69, 9.17) is 4.74 Å². The number of nitrogens with zero attached hydrogens (tertiary/aromatic N) is 1. The first kappa shape index (κ1) is 15.7. The minimum atomic E-state index is -0.544. The smallest absolute Gasteiger partial charge is 0.310 e. The normalized spacial score (nSPS) is 13.3. The van der Waals surface area contributed by atoms with Gasteiger partial charge >= 0.3 is 5.69 Å². The van der Waals surface area contributed by atoms with Gasteiger partial charge in [0.15, 0.2) is 5.75 Å². The van der Waals surface area contributed by atoms with E-state index in [0.717, 1.165) is 12.8 Å². The molecule has 1 aliphatic rings. The molecule has 1 aliphatic carbocycles. The first-order valence-corrected chi connectivity index (χ1v) is 6.98. The fraction of sp³-hybridized carbons (Fsp3) is 0.429. The maximum Gasteiger partial charge on any atom is 0.310 e. The number of rotatable bonds is 8. The first-order valence-electron chi connectivity index (χ1n) is 6.98. The summed E-state index contributed by atoms with van der Waals surface area (Å²) in [5.74, 6) is -0.438. The van der Waals surface area contributed by atoms with Gasteiger partial charge in [0, 0.05) is 12.1 Å². The largest absolute Gasteiger partial charge is 0.486 e. The summed E-state index contributed by atoms with van der Waals surface area (Å²) < 4.78 is 5.25. The van der Waals surface area contributed by atoms with Gasteiger partial charge in [-0.1, -0.05) is 12.1 Å². The highest BCUT2D eigenvalue weighted by Gasteiger charge is 2.23. The molecular formula is C14H17N3O5. The average molecular weight is 307 g/mol. The van der Waals surface area contributed by atoms with E-state index >= 15 is 0 Å². The van der Waals surface area contributed by atoms with Crippen LogP contribution in [-0.2, 0) is 9.59 Å². The number of benzene rings is 1. The summed E-state index contributed by atoms with van der Waals surface area (Å²) in [7, 11) is 0. The number of ether oxygens (including phenoxy) is 1. The van der Waals surface area contributed by atoms with Crippen molar-refractivity contribution >= 4 is 17.5 Å². The van der Waals surface area contributed by atoms with E-state index in [2.05, 4.69) is 10.6 Å². The number of hydrogen-bond donors (Lipinski definition) is 2. The Morgan fingerprint density at radius 2 is 2.00 bits per heavy atom. The maximum absolute atomic E-state index is 11.6. The van der Waals surface area contributed by atoms with E-state index in [0.29, 0.717) is 0 Å². The van der Waals surface area contributed by atoms with Crippen molar-refractivity contribution in [3.63, 3.8) is 0 Å². The lowest BCUT2D eigenvalue weighted by atomic mass is 10.3. The molecule has 0 unspecified atom stereocenters. The quantitative estimate of drug-likeness (QED) is 0.544. The van der Waals surface area contributed by atoms with Crippen LogP contribution in [0.2, 0.25) is 0 Å². The van der Waals surface area contributed by atoms with Crippen molar-refractivity contribution in [2.45, 2.75) is 25.3 Å². The minimum absolute atomic E-state index is 0.000923. The first-order chi connectivity index (χ1) is 10.6. The summed E-state index contributed by atoms with van der Waals surface area (Å²) in [5.41, 5.74) is -0.147. The van der Waals surface area contributed by atoms with Gasteiger partial charge in [0.05, 0.1) is 24.5 Å². The summed E-state index contributed by atoms with van der Waals surface area (Å²) in [6.45, 7) is -0.0677. The van der Waals surface area contributed by atoms with Crippen LogP contribution in [0.25, 0.3) is 0 Å². The molecule has 0 bridgehead atoms. The predicted molar refractivity (Wildman–Crippen MR) is 77.4 cm³/mol. The molecule has 118 valence electrons. The zero-order valence-corrected chi connectivity index (χ0v) is 11.9. The summed E-state index contributed by atoms with van der Waals surface area (Å²) in [4.78, 5) is 33.2. The third-order valence-electron chi connectivity index (χ3n) is 3.04. The molecule has 2 amide bonds. The Labute approximate surface area is 127 Å². The molecule has 1 fully saturated rings. The molecule has 0 saturated heterocycles. The van der Waals surface area contributed by atoms with Crippen LogP contribution in [0.4, 0.5) is 5.69 Å².